The third-order valence-corrected chi connectivity index (χ3v) is 2.40. The molecule has 0 radical (unpaired) electrons. The summed E-state index contributed by atoms with van der Waals surface area (Å²) in [4.78, 5) is 11.6. The van der Waals surface area contributed by atoms with Crippen LogP contribution in [-0.2, 0) is 29.1 Å². The van der Waals surface area contributed by atoms with Gasteiger partial charge in [0.1, 0.15) is 13.2 Å². The zero-order valence-electron chi connectivity index (χ0n) is 10.3. The van der Waals surface area contributed by atoms with Crippen LogP contribution in [0.4, 0.5) is 0 Å². The van der Waals surface area contributed by atoms with Crippen LogP contribution < -0.4 is 0 Å². The first-order chi connectivity index (χ1) is 9.28. The summed E-state index contributed by atoms with van der Waals surface area (Å²) >= 11 is 0. The van der Waals surface area contributed by atoms with E-state index in [1.54, 1.807) is 6.20 Å². The Labute approximate surface area is 111 Å². The van der Waals surface area contributed by atoms with Crippen molar-refractivity contribution in [2.24, 2.45) is 0 Å². The van der Waals surface area contributed by atoms with Crippen LogP contribution in [0.2, 0.25) is 0 Å². The molecule has 0 aliphatic rings. The van der Waals surface area contributed by atoms with Gasteiger partial charge in [0.2, 0.25) is 0 Å². The average molecular weight is 255 g/mol. The smallest absolute Gasteiger partial charge is 0.328 e. The lowest BCUT2D eigenvalue weighted by atomic mass is 10.2. The number of ether oxygens (including phenoxy) is 1. The number of rotatable bonds is 5. The van der Waals surface area contributed by atoms with Crippen LogP contribution in [0.5, 0.6) is 0 Å². The summed E-state index contributed by atoms with van der Waals surface area (Å²) in [5.41, 5.74) is 1.61. The fourth-order valence-electron chi connectivity index (χ4n) is 1.52. The maximum atomic E-state index is 11.6. The molecule has 0 saturated heterocycles. The van der Waals surface area contributed by atoms with E-state index in [2.05, 4.69) is 16.2 Å². The number of carbonyl (C=O) groups is 1. The van der Waals surface area contributed by atoms with Gasteiger partial charge < -0.3 is 4.74 Å². The highest BCUT2D eigenvalue weighted by Crippen LogP contribution is 2.01. The number of aromatic nitrogens is 3. The summed E-state index contributed by atoms with van der Waals surface area (Å²) in [6.07, 6.45) is 7.21. The normalized spacial score (nSPS) is 9.84. The summed E-state index contributed by atoms with van der Waals surface area (Å²) < 4.78 is 6.55. The third kappa shape index (κ3) is 3.96. The lowest BCUT2D eigenvalue weighted by Crippen LogP contribution is -2.14. The number of benzene rings is 1. The van der Waals surface area contributed by atoms with Gasteiger partial charge in [-0.3, -0.25) is 4.79 Å². The molecule has 96 valence electrons. The van der Waals surface area contributed by atoms with E-state index < -0.39 is 0 Å². The average Bonchev–Trinajstić information content (AvgIpc) is 2.85. The second kappa shape index (κ2) is 6.36. The van der Waals surface area contributed by atoms with E-state index >= 15 is 0 Å². The molecule has 1 heterocycles. The molecule has 0 amide bonds. The first-order valence-corrected chi connectivity index (χ1v) is 5.80. The molecule has 1 aromatic heterocycles. The van der Waals surface area contributed by atoms with Crippen LogP contribution in [0.3, 0.4) is 0 Å². The number of terminal acetylenes is 1. The molecule has 0 atom stereocenters. The summed E-state index contributed by atoms with van der Waals surface area (Å²) in [6, 6.07) is 9.49. The van der Waals surface area contributed by atoms with Gasteiger partial charge in [0.05, 0.1) is 18.3 Å². The van der Waals surface area contributed by atoms with E-state index in [1.807, 2.05) is 30.3 Å². The Bertz CT molecular complexity index is 584. The highest BCUT2D eigenvalue weighted by Gasteiger charge is 2.07. The molecule has 0 unspecified atom stereocenters. The van der Waals surface area contributed by atoms with Crippen molar-refractivity contribution in [2.75, 3.05) is 0 Å². The van der Waals surface area contributed by atoms with Crippen LogP contribution >= 0.6 is 0 Å². The van der Waals surface area contributed by atoms with Gasteiger partial charge in [0.15, 0.2) is 0 Å². The Hall–Kier alpha value is -2.61. The summed E-state index contributed by atoms with van der Waals surface area (Å²) in [5, 5.41) is 7.64. The van der Waals surface area contributed by atoms with E-state index in [4.69, 9.17) is 11.2 Å². The molecule has 0 aliphatic heterocycles. The van der Waals surface area contributed by atoms with Crippen molar-refractivity contribution in [3.05, 3.63) is 47.8 Å². The van der Waals surface area contributed by atoms with E-state index in [1.165, 1.54) is 4.68 Å². The fraction of sp³-hybridized carbons (Fsp3) is 0.214. The zero-order chi connectivity index (χ0) is 13.5. The molecule has 0 aliphatic carbocycles. The minimum absolute atomic E-state index is 0.0321. The summed E-state index contributed by atoms with van der Waals surface area (Å²) in [7, 11) is 0. The van der Waals surface area contributed by atoms with Crippen molar-refractivity contribution in [2.45, 2.75) is 19.6 Å². The highest BCUT2D eigenvalue weighted by atomic mass is 16.5. The lowest BCUT2D eigenvalue weighted by Gasteiger charge is -2.04. The van der Waals surface area contributed by atoms with Gasteiger partial charge in [0, 0.05) is 0 Å². The molecule has 0 N–H and O–H groups in total. The molecule has 1 aromatic carbocycles. The van der Waals surface area contributed by atoms with Crippen molar-refractivity contribution < 1.29 is 9.53 Å². The minimum atomic E-state index is -0.360. The van der Waals surface area contributed by atoms with Crippen molar-refractivity contribution in [3.63, 3.8) is 0 Å². The van der Waals surface area contributed by atoms with Gasteiger partial charge in [-0.25, -0.2) is 4.68 Å². The van der Waals surface area contributed by atoms with Gasteiger partial charge in [-0.2, -0.15) is 0 Å². The molecule has 2 aromatic rings. The molecule has 0 fully saturated rings. The number of carbonyl (C=O) groups excluding carboxylic acids is 1. The zero-order valence-corrected chi connectivity index (χ0v) is 10.3. The topological polar surface area (TPSA) is 57.0 Å². The Morgan fingerprint density at radius 2 is 2.16 bits per heavy atom. The Morgan fingerprint density at radius 1 is 1.37 bits per heavy atom. The summed E-state index contributed by atoms with van der Waals surface area (Å²) in [6.45, 7) is 0.288. The van der Waals surface area contributed by atoms with Crippen molar-refractivity contribution in [3.8, 4) is 12.3 Å². The number of hydrogen-bond donors (Lipinski definition) is 0. The van der Waals surface area contributed by atoms with Crippen LogP contribution in [0.25, 0.3) is 0 Å². The van der Waals surface area contributed by atoms with E-state index in [0.29, 0.717) is 12.1 Å². The predicted molar refractivity (Wildman–Crippen MR) is 68.8 cm³/mol. The molecule has 0 spiro atoms. The fourth-order valence-corrected chi connectivity index (χ4v) is 1.52. The van der Waals surface area contributed by atoms with E-state index in [9.17, 15) is 4.79 Å². The van der Waals surface area contributed by atoms with Crippen molar-refractivity contribution in [1.29, 1.82) is 0 Å². The monoisotopic (exact) mass is 255 g/mol. The van der Waals surface area contributed by atoms with E-state index in [0.717, 1.165) is 5.56 Å². The summed E-state index contributed by atoms with van der Waals surface area (Å²) in [5.74, 6) is 2.11. The molecule has 0 saturated carbocycles. The first-order valence-electron chi connectivity index (χ1n) is 5.80. The van der Waals surface area contributed by atoms with Gasteiger partial charge >= 0.3 is 5.97 Å². The number of nitrogens with zero attached hydrogens (tertiary/aromatic N) is 3. The van der Waals surface area contributed by atoms with Crippen LogP contribution in [0.1, 0.15) is 11.3 Å². The molecule has 2 rings (SSSR count). The molecule has 19 heavy (non-hydrogen) atoms. The second-order valence-electron chi connectivity index (χ2n) is 3.93. The second-order valence-corrected chi connectivity index (χ2v) is 3.93. The van der Waals surface area contributed by atoms with Crippen molar-refractivity contribution in [1.82, 2.24) is 15.0 Å². The molecule has 5 nitrogen and oxygen atoms in total. The number of esters is 1. The van der Waals surface area contributed by atoms with Crippen molar-refractivity contribution >= 4 is 5.97 Å². The standard InChI is InChI=1S/C14H13N3O2/c1-2-6-13-9-17(16-15-13)10-14(18)19-11-12-7-4-3-5-8-12/h1,3-5,7-9H,6,10-11H2. The quantitative estimate of drug-likeness (QED) is 0.595. The Balaban J connectivity index is 1.82. The predicted octanol–water partition coefficient (Wildman–Crippen LogP) is 1.20. The van der Waals surface area contributed by atoms with Crippen LogP contribution in [0, 0.1) is 12.3 Å². The first kappa shape index (κ1) is 12.8. The van der Waals surface area contributed by atoms with Gasteiger partial charge in [-0.05, 0) is 5.56 Å². The maximum absolute atomic E-state index is 11.6. The minimum Gasteiger partial charge on any atom is -0.459 e. The highest BCUT2D eigenvalue weighted by molar-refractivity contribution is 5.69. The lowest BCUT2D eigenvalue weighted by molar-refractivity contribution is -0.145. The SMILES string of the molecule is C#CCc1cn(CC(=O)OCc2ccccc2)nn1. The van der Waals surface area contributed by atoms with Gasteiger partial charge in [-0.15, -0.1) is 17.4 Å². The Kier molecular flexibility index (Phi) is 4.29. The van der Waals surface area contributed by atoms with Gasteiger partial charge in [-0.1, -0.05) is 35.5 Å². The van der Waals surface area contributed by atoms with E-state index in [-0.39, 0.29) is 19.1 Å². The van der Waals surface area contributed by atoms with Crippen LogP contribution in [0.15, 0.2) is 36.5 Å². The van der Waals surface area contributed by atoms with Crippen LogP contribution in [-0.4, -0.2) is 21.0 Å². The molecular weight excluding hydrogens is 242 g/mol. The largest absolute Gasteiger partial charge is 0.459 e. The number of hydrogen-bond acceptors (Lipinski definition) is 4. The Morgan fingerprint density at radius 3 is 2.89 bits per heavy atom. The molecule has 0 bridgehead atoms. The molecular formula is C14H13N3O2. The van der Waals surface area contributed by atoms with Gasteiger partial charge in [0.25, 0.3) is 0 Å². The maximum Gasteiger partial charge on any atom is 0.328 e. The third-order valence-electron chi connectivity index (χ3n) is 2.40. The molecule has 5 heteroatoms.